The molecule has 19 heavy (non-hydrogen) atoms. The largest absolute Gasteiger partial charge is 0.350 e. The number of amides is 2. The predicted molar refractivity (Wildman–Crippen MR) is 74.3 cm³/mol. The highest BCUT2D eigenvalue weighted by Crippen LogP contribution is 2.28. The molecule has 0 aromatic carbocycles. The first kappa shape index (κ1) is 12.7. The zero-order valence-electron chi connectivity index (χ0n) is 11.0. The lowest BCUT2D eigenvalue weighted by Crippen LogP contribution is -2.62. The van der Waals surface area contributed by atoms with E-state index in [4.69, 9.17) is 0 Å². The van der Waals surface area contributed by atoms with E-state index in [9.17, 15) is 9.59 Å². The van der Waals surface area contributed by atoms with E-state index < -0.39 is 0 Å². The first-order valence-electron chi connectivity index (χ1n) is 6.80. The van der Waals surface area contributed by atoms with Crippen LogP contribution in [0, 0.1) is 6.92 Å². The summed E-state index contributed by atoms with van der Waals surface area (Å²) in [7, 11) is 0. The number of aryl methyl sites for hydroxylation is 1. The van der Waals surface area contributed by atoms with Crippen molar-refractivity contribution in [2.75, 3.05) is 6.54 Å². The van der Waals surface area contributed by atoms with E-state index in [0.717, 1.165) is 36.8 Å². The highest BCUT2D eigenvalue weighted by atomic mass is 32.1. The first-order chi connectivity index (χ1) is 9.16. The second-order valence-corrected chi connectivity index (χ2v) is 6.17. The summed E-state index contributed by atoms with van der Waals surface area (Å²) < 4.78 is 0. The Hall–Kier alpha value is -1.36. The second kappa shape index (κ2) is 4.96. The molecular formula is C14H18N2O2S. The Balaban J connectivity index is 1.87. The number of fused-ring (bicyclic) bond motifs is 1. The number of hydrogen-bond donors (Lipinski definition) is 1. The lowest BCUT2D eigenvalue weighted by atomic mass is 9.87. The summed E-state index contributed by atoms with van der Waals surface area (Å²) in [5.74, 6) is -0.00474. The monoisotopic (exact) mass is 278 g/mol. The van der Waals surface area contributed by atoms with E-state index in [1.165, 1.54) is 0 Å². The van der Waals surface area contributed by atoms with Crippen LogP contribution in [0.1, 0.15) is 41.6 Å². The van der Waals surface area contributed by atoms with Crippen LogP contribution in [0.2, 0.25) is 0 Å². The third-order valence-corrected chi connectivity index (χ3v) is 5.00. The zero-order valence-corrected chi connectivity index (χ0v) is 11.8. The molecule has 0 unspecified atom stereocenters. The molecule has 1 N–H and O–H groups in total. The molecule has 5 heteroatoms. The van der Waals surface area contributed by atoms with E-state index >= 15 is 0 Å². The second-order valence-electron chi connectivity index (χ2n) is 5.43. The van der Waals surface area contributed by atoms with Gasteiger partial charge in [-0.3, -0.25) is 9.59 Å². The fraction of sp³-hybridized carbons (Fsp3) is 0.571. The average molecular weight is 278 g/mol. The molecule has 1 aromatic rings. The number of rotatable bonds is 1. The van der Waals surface area contributed by atoms with Gasteiger partial charge in [-0.1, -0.05) is 12.8 Å². The third-order valence-electron chi connectivity index (χ3n) is 4.14. The fourth-order valence-corrected chi connectivity index (χ4v) is 3.96. The molecule has 102 valence electrons. The topological polar surface area (TPSA) is 49.4 Å². The van der Waals surface area contributed by atoms with Crippen molar-refractivity contribution in [2.24, 2.45) is 0 Å². The molecule has 2 atom stereocenters. The number of thiophene rings is 1. The number of piperazine rings is 1. The van der Waals surface area contributed by atoms with Crippen LogP contribution in [0.3, 0.4) is 0 Å². The van der Waals surface area contributed by atoms with Crippen molar-refractivity contribution < 1.29 is 9.59 Å². The molecule has 3 rings (SSSR count). The van der Waals surface area contributed by atoms with Gasteiger partial charge in [-0.2, -0.15) is 11.3 Å². The molecule has 2 aliphatic rings. The third kappa shape index (κ3) is 2.27. The van der Waals surface area contributed by atoms with Gasteiger partial charge < -0.3 is 10.2 Å². The Morgan fingerprint density at radius 2 is 2.16 bits per heavy atom. The van der Waals surface area contributed by atoms with Crippen molar-refractivity contribution in [2.45, 2.75) is 44.7 Å². The zero-order chi connectivity index (χ0) is 13.4. The number of nitrogens with zero attached hydrogens (tertiary/aromatic N) is 1. The maximum atomic E-state index is 12.6. The molecule has 1 saturated carbocycles. The van der Waals surface area contributed by atoms with Crippen molar-refractivity contribution in [3.63, 3.8) is 0 Å². The Labute approximate surface area is 116 Å². The number of hydrogen-bond acceptors (Lipinski definition) is 3. The van der Waals surface area contributed by atoms with E-state index in [0.29, 0.717) is 0 Å². The highest BCUT2D eigenvalue weighted by molar-refractivity contribution is 7.08. The molecule has 2 amide bonds. The van der Waals surface area contributed by atoms with Gasteiger partial charge >= 0.3 is 0 Å². The van der Waals surface area contributed by atoms with Gasteiger partial charge in [-0.05, 0) is 30.7 Å². The number of nitrogens with one attached hydrogen (secondary N) is 1. The standard InChI is InChI=1S/C14H18N2O2S/c1-9-7-19-8-10(9)14(18)16-6-13(17)15-11-4-2-3-5-12(11)16/h7-8,11-12H,2-6H2,1H3,(H,15,17)/t11-,12-/m0/s1. The molecule has 1 aliphatic heterocycles. The Morgan fingerprint density at radius 3 is 2.89 bits per heavy atom. The van der Waals surface area contributed by atoms with Crippen LogP contribution in [0.25, 0.3) is 0 Å². The first-order valence-corrected chi connectivity index (χ1v) is 7.74. The van der Waals surface area contributed by atoms with Crippen molar-refractivity contribution in [3.05, 3.63) is 21.9 Å². The lowest BCUT2D eigenvalue weighted by Gasteiger charge is -2.43. The molecular weight excluding hydrogens is 260 g/mol. The van der Waals surface area contributed by atoms with Crippen LogP contribution in [0.5, 0.6) is 0 Å². The van der Waals surface area contributed by atoms with Crippen LogP contribution in [0.15, 0.2) is 10.8 Å². The minimum absolute atomic E-state index is 0.0190. The maximum absolute atomic E-state index is 12.6. The maximum Gasteiger partial charge on any atom is 0.255 e. The van der Waals surface area contributed by atoms with E-state index in [1.807, 2.05) is 17.7 Å². The van der Waals surface area contributed by atoms with Crippen molar-refractivity contribution in [1.29, 1.82) is 0 Å². The van der Waals surface area contributed by atoms with Crippen molar-refractivity contribution in [1.82, 2.24) is 10.2 Å². The van der Waals surface area contributed by atoms with Crippen LogP contribution in [0.4, 0.5) is 0 Å². The van der Waals surface area contributed by atoms with Crippen LogP contribution in [-0.4, -0.2) is 35.3 Å². The van der Waals surface area contributed by atoms with E-state index in [1.54, 1.807) is 16.2 Å². The molecule has 4 nitrogen and oxygen atoms in total. The van der Waals surface area contributed by atoms with Crippen LogP contribution >= 0.6 is 11.3 Å². The fourth-order valence-electron chi connectivity index (χ4n) is 3.13. The van der Waals surface area contributed by atoms with E-state index in [2.05, 4.69) is 5.32 Å². The minimum Gasteiger partial charge on any atom is -0.350 e. The predicted octanol–water partition coefficient (Wildman–Crippen LogP) is 1.94. The molecule has 0 spiro atoms. The average Bonchev–Trinajstić information content (AvgIpc) is 2.83. The summed E-state index contributed by atoms with van der Waals surface area (Å²) in [4.78, 5) is 26.2. The van der Waals surface area contributed by atoms with Gasteiger partial charge in [-0.25, -0.2) is 0 Å². The molecule has 2 fully saturated rings. The molecule has 1 aliphatic carbocycles. The van der Waals surface area contributed by atoms with Gasteiger partial charge in [0.15, 0.2) is 0 Å². The number of carbonyl (C=O) groups excluding carboxylic acids is 2. The van der Waals surface area contributed by atoms with Crippen molar-refractivity contribution >= 4 is 23.2 Å². The van der Waals surface area contributed by atoms with Gasteiger partial charge in [0.25, 0.3) is 5.91 Å². The van der Waals surface area contributed by atoms with Gasteiger partial charge in [0.2, 0.25) is 5.91 Å². The highest BCUT2D eigenvalue weighted by Gasteiger charge is 2.39. The smallest absolute Gasteiger partial charge is 0.255 e. The molecule has 1 saturated heterocycles. The summed E-state index contributed by atoms with van der Waals surface area (Å²) in [6.07, 6.45) is 4.27. The Kier molecular flexibility index (Phi) is 3.31. The molecule has 1 aromatic heterocycles. The summed E-state index contributed by atoms with van der Waals surface area (Å²) in [6, 6.07) is 0.330. The SMILES string of the molecule is Cc1cscc1C(=O)N1CC(=O)N[C@H]2CCCC[C@@H]21. The normalized spacial score (nSPS) is 26.8. The lowest BCUT2D eigenvalue weighted by molar-refractivity contribution is -0.127. The molecule has 0 radical (unpaired) electrons. The van der Waals surface area contributed by atoms with Gasteiger partial charge in [0.1, 0.15) is 6.54 Å². The Bertz CT molecular complexity index is 511. The van der Waals surface area contributed by atoms with Crippen LogP contribution in [-0.2, 0) is 4.79 Å². The van der Waals surface area contributed by atoms with Crippen molar-refractivity contribution in [3.8, 4) is 0 Å². The van der Waals surface area contributed by atoms with Gasteiger partial charge in [-0.15, -0.1) is 0 Å². The molecule has 2 heterocycles. The Morgan fingerprint density at radius 1 is 1.37 bits per heavy atom. The summed E-state index contributed by atoms with van der Waals surface area (Å²) >= 11 is 1.54. The van der Waals surface area contributed by atoms with E-state index in [-0.39, 0.29) is 30.4 Å². The number of carbonyl (C=O) groups is 2. The van der Waals surface area contributed by atoms with Gasteiger partial charge in [0, 0.05) is 11.4 Å². The minimum atomic E-state index is -0.0237. The molecule has 0 bridgehead atoms. The van der Waals surface area contributed by atoms with Gasteiger partial charge in [0.05, 0.1) is 11.6 Å². The quantitative estimate of drug-likeness (QED) is 0.853. The van der Waals surface area contributed by atoms with Crippen LogP contribution < -0.4 is 5.32 Å². The summed E-state index contributed by atoms with van der Waals surface area (Å²) in [5, 5.41) is 6.91. The summed E-state index contributed by atoms with van der Waals surface area (Å²) in [6.45, 7) is 2.15. The summed E-state index contributed by atoms with van der Waals surface area (Å²) in [5.41, 5.74) is 1.76.